The van der Waals surface area contributed by atoms with E-state index >= 15 is 0 Å². The fourth-order valence-corrected chi connectivity index (χ4v) is 1.56. The monoisotopic (exact) mass is 214 g/mol. The highest BCUT2D eigenvalue weighted by atomic mass is 32.2. The molecule has 1 aromatic rings. The Bertz CT molecular complexity index is 421. The number of benzene rings is 1. The SMILES string of the molecule is NC(N)=CS(=O)(=O)Oc1ccccc1. The minimum absolute atomic E-state index is 0.213. The van der Waals surface area contributed by atoms with Gasteiger partial charge in [0, 0.05) is 0 Å². The Kier molecular flexibility index (Phi) is 2.98. The van der Waals surface area contributed by atoms with Crippen LogP contribution >= 0.6 is 0 Å². The second-order valence-electron chi connectivity index (χ2n) is 2.51. The highest BCUT2D eigenvalue weighted by Gasteiger charge is 2.08. The van der Waals surface area contributed by atoms with Gasteiger partial charge in [-0.2, -0.15) is 8.42 Å². The quantitative estimate of drug-likeness (QED) is 0.696. The number of para-hydroxylation sites is 1. The average molecular weight is 214 g/mol. The summed E-state index contributed by atoms with van der Waals surface area (Å²) in [5.74, 6) is -0.106. The molecule has 0 radical (unpaired) electrons. The molecule has 6 heteroatoms. The maximum atomic E-state index is 11.2. The minimum atomic E-state index is -3.85. The molecule has 0 aliphatic heterocycles. The first-order valence-corrected chi connectivity index (χ1v) is 5.19. The van der Waals surface area contributed by atoms with E-state index in [1.807, 2.05) is 0 Å². The van der Waals surface area contributed by atoms with Crippen LogP contribution in [0.5, 0.6) is 5.75 Å². The van der Waals surface area contributed by atoms with Crippen LogP contribution in [-0.2, 0) is 10.1 Å². The predicted molar refractivity (Wildman–Crippen MR) is 52.4 cm³/mol. The third kappa shape index (κ3) is 3.36. The van der Waals surface area contributed by atoms with Crippen LogP contribution in [0.3, 0.4) is 0 Å². The molecule has 1 rings (SSSR count). The Morgan fingerprint density at radius 2 is 1.79 bits per heavy atom. The molecule has 1 aromatic carbocycles. The van der Waals surface area contributed by atoms with Crippen molar-refractivity contribution < 1.29 is 12.6 Å². The van der Waals surface area contributed by atoms with Crippen LogP contribution in [-0.4, -0.2) is 8.42 Å². The molecule has 0 amide bonds. The molecule has 0 spiro atoms. The minimum Gasteiger partial charge on any atom is -0.385 e. The smallest absolute Gasteiger partial charge is 0.335 e. The molecule has 0 bridgehead atoms. The fourth-order valence-electron chi connectivity index (χ4n) is 0.801. The Balaban J connectivity index is 2.85. The van der Waals surface area contributed by atoms with Crippen molar-refractivity contribution in [2.75, 3.05) is 0 Å². The van der Waals surface area contributed by atoms with Gasteiger partial charge < -0.3 is 15.7 Å². The summed E-state index contributed by atoms with van der Waals surface area (Å²) in [6, 6.07) is 8.07. The van der Waals surface area contributed by atoms with Gasteiger partial charge in [-0.15, -0.1) is 0 Å². The van der Waals surface area contributed by atoms with Crippen molar-refractivity contribution in [2.45, 2.75) is 0 Å². The van der Waals surface area contributed by atoms with Crippen LogP contribution in [0, 0.1) is 0 Å². The van der Waals surface area contributed by atoms with Crippen LogP contribution in [0.1, 0.15) is 0 Å². The van der Waals surface area contributed by atoms with E-state index in [0.29, 0.717) is 5.41 Å². The van der Waals surface area contributed by atoms with Gasteiger partial charge in [-0.1, -0.05) is 18.2 Å². The van der Waals surface area contributed by atoms with Crippen LogP contribution in [0.15, 0.2) is 41.6 Å². The van der Waals surface area contributed by atoms with Gasteiger partial charge in [0.1, 0.15) is 17.0 Å². The van der Waals surface area contributed by atoms with E-state index in [1.165, 1.54) is 12.1 Å². The maximum Gasteiger partial charge on any atom is 0.335 e. The van der Waals surface area contributed by atoms with Crippen LogP contribution in [0.2, 0.25) is 0 Å². The fraction of sp³-hybridized carbons (Fsp3) is 0. The van der Waals surface area contributed by atoms with Crippen molar-refractivity contribution in [2.24, 2.45) is 11.5 Å². The Morgan fingerprint density at radius 3 is 2.29 bits per heavy atom. The van der Waals surface area contributed by atoms with Gasteiger partial charge in [-0.05, 0) is 12.1 Å². The van der Waals surface area contributed by atoms with Gasteiger partial charge >= 0.3 is 10.1 Å². The molecule has 0 aliphatic rings. The van der Waals surface area contributed by atoms with E-state index in [0.717, 1.165) is 0 Å². The van der Waals surface area contributed by atoms with E-state index in [1.54, 1.807) is 18.2 Å². The molecule has 0 saturated carbocycles. The van der Waals surface area contributed by atoms with E-state index in [9.17, 15) is 8.42 Å². The molecular formula is C8H10N2O3S. The van der Waals surface area contributed by atoms with E-state index in [4.69, 9.17) is 11.5 Å². The first-order valence-electron chi connectivity index (χ1n) is 3.72. The highest BCUT2D eigenvalue weighted by Crippen LogP contribution is 2.12. The van der Waals surface area contributed by atoms with Crippen LogP contribution < -0.4 is 15.7 Å². The standard InChI is InChI=1S/C8H10N2O3S/c9-8(10)6-14(11,12)13-7-4-2-1-3-5-7/h1-6H,9-10H2. The molecule has 0 fully saturated rings. The molecule has 0 aromatic heterocycles. The van der Waals surface area contributed by atoms with Crippen molar-refractivity contribution >= 4 is 10.1 Å². The van der Waals surface area contributed by atoms with Gasteiger partial charge in [-0.25, -0.2) is 0 Å². The second kappa shape index (κ2) is 4.01. The zero-order chi connectivity index (χ0) is 10.6. The third-order valence-electron chi connectivity index (χ3n) is 1.24. The highest BCUT2D eigenvalue weighted by molar-refractivity contribution is 7.90. The zero-order valence-corrected chi connectivity index (χ0v) is 8.07. The van der Waals surface area contributed by atoms with E-state index < -0.39 is 10.1 Å². The Hall–Kier alpha value is -1.69. The molecular weight excluding hydrogens is 204 g/mol. The van der Waals surface area contributed by atoms with E-state index in [-0.39, 0.29) is 11.6 Å². The third-order valence-corrected chi connectivity index (χ3v) is 2.22. The average Bonchev–Trinajstić information content (AvgIpc) is 2.02. The number of hydrogen-bond acceptors (Lipinski definition) is 5. The van der Waals surface area contributed by atoms with Crippen molar-refractivity contribution in [3.05, 3.63) is 41.6 Å². The van der Waals surface area contributed by atoms with Gasteiger partial charge in [0.25, 0.3) is 0 Å². The van der Waals surface area contributed by atoms with Gasteiger partial charge in [0.2, 0.25) is 0 Å². The lowest BCUT2D eigenvalue weighted by molar-refractivity contribution is 0.496. The largest absolute Gasteiger partial charge is 0.385 e. The summed E-state index contributed by atoms with van der Waals surface area (Å²) in [4.78, 5) is 0. The van der Waals surface area contributed by atoms with Gasteiger partial charge in [0.15, 0.2) is 0 Å². The first-order chi connectivity index (χ1) is 6.49. The molecule has 0 saturated heterocycles. The van der Waals surface area contributed by atoms with Crippen molar-refractivity contribution in [3.63, 3.8) is 0 Å². The topological polar surface area (TPSA) is 95.4 Å². The lowest BCUT2D eigenvalue weighted by Gasteiger charge is -2.02. The second-order valence-corrected chi connectivity index (χ2v) is 3.90. The number of nitrogens with two attached hydrogens (primary N) is 2. The number of rotatable bonds is 3. The maximum absolute atomic E-state index is 11.2. The first kappa shape index (κ1) is 10.4. The van der Waals surface area contributed by atoms with Crippen molar-refractivity contribution in [1.82, 2.24) is 0 Å². The Morgan fingerprint density at radius 1 is 1.21 bits per heavy atom. The summed E-state index contributed by atoms with van der Waals surface area (Å²) in [5, 5.41) is 0.653. The van der Waals surface area contributed by atoms with Gasteiger partial charge in [0.05, 0.1) is 0 Å². The van der Waals surface area contributed by atoms with Crippen LogP contribution in [0.4, 0.5) is 0 Å². The zero-order valence-electron chi connectivity index (χ0n) is 7.25. The molecule has 0 aliphatic carbocycles. The molecule has 5 nitrogen and oxygen atoms in total. The summed E-state index contributed by atoms with van der Waals surface area (Å²) in [6.45, 7) is 0. The number of hydrogen-bond donors (Lipinski definition) is 2. The molecule has 76 valence electrons. The molecule has 4 N–H and O–H groups in total. The normalized spacial score (nSPS) is 10.6. The van der Waals surface area contributed by atoms with Gasteiger partial charge in [-0.3, -0.25) is 0 Å². The van der Waals surface area contributed by atoms with E-state index in [2.05, 4.69) is 4.18 Å². The summed E-state index contributed by atoms with van der Waals surface area (Å²) < 4.78 is 27.0. The molecule has 14 heavy (non-hydrogen) atoms. The Labute approximate surface area is 82.1 Å². The summed E-state index contributed by atoms with van der Waals surface area (Å²) in [6.07, 6.45) is 0. The molecule has 0 unspecified atom stereocenters. The lowest BCUT2D eigenvalue weighted by Crippen LogP contribution is -2.14. The summed E-state index contributed by atoms with van der Waals surface area (Å²) in [5.41, 5.74) is 10.0. The van der Waals surface area contributed by atoms with Crippen molar-refractivity contribution in [1.29, 1.82) is 0 Å². The van der Waals surface area contributed by atoms with Crippen LogP contribution in [0.25, 0.3) is 0 Å². The predicted octanol–water partition coefficient (Wildman–Crippen LogP) is 0.111. The molecule has 0 atom stereocenters. The molecule has 0 heterocycles. The summed E-state index contributed by atoms with van der Waals surface area (Å²) >= 11 is 0. The summed E-state index contributed by atoms with van der Waals surface area (Å²) in [7, 11) is -3.85. The van der Waals surface area contributed by atoms with Crippen molar-refractivity contribution in [3.8, 4) is 5.75 Å². The lowest BCUT2D eigenvalue weighted by atomic mass is 10.3.